The standard InChI is InChI=1S/C11H16N2O/c14-7-6-10-8-13(9-12-10)11-4-2-1-3-5-11/h7-9,11H,1-6H2. The fourth-order valence-corrected chi connectivity index (χ4v) is 2.15. The third kappa shape index (κ3) is 2.03. The van der Waals surface area contributed by atoms with Crippen LogP contribution in [0.2, 0.25) is 0 Å². The van der Waals surface area contributed by atoms with Crippen LogP contribution in [0.1, 0.15) is 43.8 Å². The van der Waals surface area contributed by atoms with E-state index in [1.165, 1.54) is 32.1 Å². The van der Waals surface area contributed by atoms with Crippen LogP contribution in [-0.2, 0) is 11.2 Å². The zero-order valence-corrected chi connectivity index (χ0v) is 8.35. The number of nitrogens with zero attached hydrogens (tertiary/aromatic N) is 2. The molecule has 1 aliphatic carbocycles. The van der Waals surface area contributed by atoms with Crippen molar-refractivity contribution in [3.63, 3.8) is 0 Å². The number of aromatic nitrogens is 2. The number of rotatable bonds is 3. The molecule has 3 heteroatoms. The van der Waals surface area contributed by atoms with Crippen molar-refractivity contribution in [2.75, 3.05) is 0 Å². The highest BCUT2D eigenvalue weighted by Gasteiger charge is 2.14. The Bertz CT molecular complexity index is 300. The molecule has 2 rings (SSSR count). The Morgan fingerprint density at radius 1 is 1.43 bits per heavy atom. The average Bonchev–Trinajstić information content (AvgIpc) is 2.68. The van der Waals surface area contributed by atoms with E-state index in [2.05, 4.69) is 9.55 Å². The van der Waals surface area contributed by atoms with E-state index in [0.29, 0.717) is 12.5 Å². The topological polar surface area (TPSA) is 34.9 Å². The molecule has 0 aromatic carbocycles. The van der Waals surface area contributed by atoms with Gasteiger partial charge in [0.25, 0.3) is 0 Å². The predicted octanol–water partition coefficient (Wildman–Crippen LogP) is 2.13. The summed E-state index contributed by atoms with van der Waals surface area (Å²) in [6.07, 6.45) is 11.8. The molecule has 0 bridgehead atoms. The van der Waals surface area contributed by atoms with Gasteiger partial charge in [0.05, 0.1) is 12.0 Å². The first-order valence-corrected chi connectivity index (χ1v) is 5.36. The normalized spacial score (nSPS) is 18.3. The minimum Gasteiger partial charge on any atom is -0.334 e. The summed E-state index contributed by atoms with van der Waals surface area (Å²) in [6.45, 7) is 0. The summed E-state index contributed by atoms with van der Waals surface area (Å²) < 4.78 is 2.18. The minimum absolute atomic E-state index is 0.444. The van der Waals surface area contributed by atoms with Crippen molar-refractivity contribution in [2.24, 2.45) is 0 Å². The Morgan fingerprint density at radius 2 is 2.21 bits per heavy atom. The fraction of sp³-hybridized carbons (Fsp3) is 0.636. The van der Waals surface area contributed by atoms with Crippen LogP contribution in [0, 0.1) is 0 Å². The van der Waals surface area contributed by atoms with Gasteiger partial charge in [-0.05, 0) is 12.8 Å². The van der Waals surface area contributed by atoms with Crippen LogP contribution in [0.25, 0.3) is 0 Å². The molecule has 76 valence electrons. The third-order valence-corrected chi connectivity index (χ3v) is 2.94. The van der Waals surface area contributed by atoms with E-state index in [1.54, 1.807) is 0 Å². The Labute approximate surface area is 84.1 Å². The summed E-state index contributed by atoms with van der Waals surface area (Å²) in [5, 5.41) is 0. The van der Waals surface area contributed by atoms with Gasteiger partial charge in [-0.15, -0.1) is 0 Å². The van der Waals surface area contributed by atoms with Gasteiger partial charge in [-0.2, -0.15) is 0 Å². The van der Waals surface area contributed by atoms with Gasteiger partial charge in [0.2, 0.25) is 0 Å². The highest BCUT2D eigenvalue weighted by molar-refractivity contribution is 5.53. The Balaban J connectivity index is 2.03. The van der Waals surface area contributed by atoms with Crippen LogP contribution >= 0.6 is 0 Å². The van der Waals surface area contributed by atoms with Crippen LogP contribution in [0.5, 0.6) is 0 Å². The first-order chi connectivity index (χ1) is 6.90. The molecule has 0 unspecified atom stereocenters. The highest BCUT2D eigenvalue weighted by atomic mass is 16.1. The molecule has 1 heterocycles. The van der Waals surface area contributed by atoms with E-state index in [4.69, 9.17) is 0 Å². The van der Waals surface area contributed by atoms with Gasteiger partial charge in [-0.3, -0.25) is 0 Å². The molecule has 0 spiro atoms. The molecule has 0 atom stereocenters. The number of hydrogen-bond acceptors (Lipinski definition) is 2. The Hall–Kier alpha value is -1.12. The summed E-state index contributed by atoms with van der Waals surface area (Å²) in [7, 11) is 0. The van der Waals surface area contributed by atoms with Crippen molar-refractivity contribution < 1.29 is 4.79 Å². The van der Waals surface area contributed by atoms with Crippen molar-refractivity contribution >= 4 is 6.29 Å². The van der Waals surface area contributed by atoms with Crippen molar-refractivity contribution in [3.8, 4) is 0 Å². The van der Waals surface area contributed by atoms with Crippen LogP contribution in [-0.4, -0.2) is 15.8 Å². The molecule has 0 radical (unpaired) electrons. The van der Waals surface area contributed by atoms with Crippen LogP contribution in [0.3, 0.4) is 0 Å². The lowest BCUT2D eigenvalue weighted by atomic mass is 9.95. The first kappa shape index (κ1) is 9.44. The van der Waals surface area contributed by atoms with Crippen LogP contribution < -0.4 is 0 Å². The molecular formula is C11H16N2O. The molecule has 1 aromatic heterocycles. The third-order valence-electron chi connectivity index (χ3n) is 2.94. The zero-order valence-electron chi connectivity index (χ0n) is 8.35. The summed E-state index contributed by atoms with van der Waals surface area (Å²) in [4.78, 5) is 14.5. The van der Waals surface area contributed by atoms with E-state index in [-0.39, 0.29) is 0 Å². The van der Waals surface area contributed by atoms with Gasteiger partial charge in [-0.25, -0.2) is 4.98 Å². The maximum atomic E-state index is 10.3. The SMILES string of the molecule is O=CCc1cn(C2CCCCC2)cn1. The largest absolute Gasteiger partial charge is 0.334 e. The van der Waals surface area contributed by atoms with Gasteiger partial charge in [0.15, 0.2) is 0 Å². The number of carbonyl (C=O) groups is 1. The molecule has 1 fully saturated rings. The lowest BCUT2D eigenvalue weighted by Crippen LogP contribution is -2.10. The quantitative estimate of drug-likeness (QED) is 0.688. The number of imidazole rings is 1. The first-order valence-electron chi connectivity index (χ1n) is 5.36. The van der Waals surface area contributed by atoms with Crippen molar-refractivity contribution in [1.82, 2.24) is 9.55 Å². The van der Waals surface area contributed by atoms with Gasteiger partial charge >= 0.3 is 0 Å². The molecule has 1 saturated carbocycles. The van der Waals surface area contributed by atoms with Crippen molar-refractivity contribution in [1.29, 1.82) is 0 Å². The molecule has 0 amide bonds. The highest BCUT2D eigenvalue weighted by Crippen LogP contribution is 2.27. The van der Waals surface area contributed by atoms with Gasteiger partial charge in [-0.1, -0.05) is 19.3 Å². The minimum atomic E-state index is 0.444. The second kappa shape index (κ2) is 4.40. The average molecular weight is 192 g/mol. The molecule has 1 aromatic rings. The predicted molar refractivity (Wildman–Crippen MR) is 54.1 cm³/mol. The monoisotopic (exact) mass is 192 g/mol. The maximum absolute atomic E-state index is 10.3. The van der Waals surface area contributed by atoms with Gasteiger partial charge < -0.3 is 9.36 Å². The molecule has 0 saturated heterocycles. The Kier molecular flexibility index (Phi) is 2.96. The fourth-order valence-electron chi connectivity index (χ4n) is 2.15. The van der Waals surface area contributed by atoms with E-state index in [9.17, 15) is 4.79 Å². The summed E-state index contributed by atoms with van der Waals surface area (Å²) in [5.41, 5.74) is 0.894. The summed E-state index contributed by atoms with van der Waals surface area (Å²) in [5.74, 6) is 0. The zero-order chi connectivity index (χ0) is 9.80. The number of carbonyl (C=O) groups excluding carboxylic acids is 1. The lowest BCUT2D eigenvalue weighted by Gasteiger charge is -2.22. The molecule has 0 N–H and O–H groups in total. The van der Waals surface area contributed by atoms with Crippen molar-refractivity contribution in [2.45, 2.75) is 44.6 Å². The maximum Gasteiger partial charge on any atom is 0.125 e. The molecule has 1 aliphatic rings. The summed E-state index contributed by atoms with van der Waals surface area (Å²) in [6, 6.07) is 0.622. The molecule has 0 aliphatic heterocycles. The van der Waals surface area contributed by atoms with E-state index in [0.717, 1.165) is 12.0 Å². The molecule has 14 heavy (non-hydrogen) atoms. The van der Waals surface area contributed by atoms with Gasteiger partial charge in [0.1, 0.15) is 6.29 Å². The van der Waals surface area contributed by atoms with Crippen molar-refractivity contribution in [3.05, 3.63) is 18.2 Å². The van der Waals surface area contributed by atoms with Gasteiger partial charge in [0, 0.05) is 18.7 Å². The van der Waals surface area contributed by atoms with Crippen LogP contribution in [0.15, 0.2) is 12.5 Å². The lowest BCUT2D eigenvalue weighted by molar-refractivity contribution is -0.107. The second-order valence-electron chi connectivity index (χ2n) is 3.97. The van der Waals surface area contributed by atoms with E-state index in [1.807, 2.05) is 12.5 Å². The smallest absolute Gasteiger partial charge is 0.125 e. The molecular weight excluding hydrogens is 176 g/mol. The van der Waals surface area contributed by atoms with Crippen LogP contribution in [0.4, 0.5) is 0 Å². The van der Waals surface area contributed by atoms with E-state index >= 15 is 0 Å². The number of hydrogen-bond donors (Lipinski definition) is 0. The second-order valence-corrected chi connectivity index (χ2v) is 3.97. The Morgan fingerprint density at radius 3 is 2.93 bits per heavy atom. The summed E-state index contributed by atoms with van der Waals surface area (Å²) >= 11 is 0. The van der Waals surface area contributed by atoms with E-state index < -0.39 is 0 Å². The molecule has 3 nitrogen and oxygen atoms in total. The number of aldehydes is 1.